The van der Waals surface area contributed by atoms with E-state index in [4.69, 9.17) is 4.74 Å². The summed E-state index contributed by atoms with van der Waals surface area (Å²) in [5.74, 6) is 0.676. The number of nitrogens with zero attached hydrogens (tertiary/aromatic N) is 2. The highest BCUT2D eigenvalue weighted by atomic mass is 16.5. The van der Waals surface area contributed by atoms with Gasteiger partial charge in [0.15, 0.2) is 0 Å². The first-order valence-electron chi connectivity index (χ1n) is 6.37. The summed E-state index contributed by atoms with van der Waals surface area (Å²) in [7, 11) is 4.30. The number of hydrogen-bond acceptors (Lipinski definition) is 4. The standard InChI is InChI=1S/C12H25N3O/c1-10-6-13-4-5-15(10)12-9-16-8-11(12)7-14(2)3/h10-13H,4-9H2,1-3H3. The van der Waals surface area contributed by atoms with Gasteiger partial charge in [0.05, 0.1) is 13.2 Å². The van der Waals surface area contributed by atoms with Gasteiger partial charge in [0.25, 0.3) is 0 Å². The van der Waals surface area contributed by atoms with Crippen LogP contribution in [0.4, 0.5) is 0 Å². The zero-order valence-corrected chi connectivity index (χ0v) is 10.8. The van der Waals surface area contributed by atoms with Crippen molar-refractivity contribution in [2.75, 3.05) is 53.5 Å². The van der Waals surface area contributed by atoms with Gasteiger partial charge in [0.2, 0.25) is 0 Å². The van der Waals surface area contributed by atoms with Gasteiger partial charge in [-0.25, -0.2) is 0 Å². The molecule has 2 aliphatic heterocycles. The summed E-state index contributed by atoms with van der Waals surface area (Å²) in [6, 6.07) is 1.27. The molecule has 2 saturated heterocycles. The lowest BCUT2D eigenvalue weighted by Gasteiger charge is -2.40. The number of hydrogen-bond donors (Lipinski definition) is 1. The molecule has 2 aliphatic rings. The summed E-state index contributed by atoms with van der Waals surface area (Å²) in [5, 5.41) is 3.45. The molecule has 2 heterocycles. The van der Waals surface area contributed by atoms with E-state index < -0.39 is 0 Å². The summed E-state index contributed by atoms with van der Waals surface area (Å²) >= 11 is 0. The predicted molar refractivity (Wildman–Crippen MR) is 65.7 cm³/mol. The van der Waals surface area contributed by atoms with Gasteiger partial charge in [-0.15, -0.1) is 0 Å². The van der Waals surface area contributed by atoms with E-state index >= 15 is 0 Å². The zero-order chi connectivity index (χ0) is 11.5. The van der Waals surface area contributed by atoms with Crippen molar-refractivity contribution in [3.63, 3.8) is 0 Å². The lowest BCUT2D eigenvalue weighted by atomic mass is 9.99. The Kier molecular flexibility index (Phi) is 4.19. The second-order valence-electron chi connectivity index (χ2n) is 5.42. The Balaban J connectivity index is 1.95. The minimum absolute atomic E-state index is 0.625. The van der Waals surface area contributed by atoms with Gasteiger partial charge >= 0.3 is 0 Å². The summed E-state index contributed by atoms with van der Waals surface area (Å²) in [5.41, 5.74) is 0. The fourth-order valence-electron chi connectivity index (χ4n) is 2.95. The molecule has 0 bridgehead atoms. The van der Waals surface area contributed by atoms with Crippen LogP contribution in [0.15, 0.2) is 0 Å². The molecule has 3 atom stereocenters. The Morgan fingerprint density at radius 2 is 2.19 bits per heavy atom. The monoisotopic (exact) mass is 227 g/mol. The molecule has 16 heavy (non-hydrogen) atoms. The number of nitrogens with one attached hydrogen (secondary N) is 1. The molecule has 0 aliphatic carbocycles. The first-order chi connectivity index (χ1) is 7.68. The van der Waals surface area contributed by atoms with Crippen molar-refractivity contribution in [3.05, 3.63) is 0 Å². The van der Waals surface area contributed by atoms with Gasteiger partial charge in [0.1, 0.15) is 0 Å². The summed E-state index contributed by atoms with van der Waals surface area (Å²) in [6.07, 6.45) is 0. The van der Waals surface area contributed by atoms with Crippen LogP contribution >= 0.6 is 0 Å². The largest absolute Gasteiger partial charge is 0.379 e. The Labute approximate surface area is 98.9 Å². The minimum Gasteiger partial charge on any atom is -0.379 e. The number of rotatable bonds is 3. The average molecular weight is 227 g/mol. The maximum absolute atomic E-state index is 5.68. The minimum atomic E-state index is 0.625. The normalized spacial score (nSPS) is 37.1. The second-order valence-corrected chi connectivity index (χ2v) is 5.42. The smallest absolute Gasteiger partial charge is 0.0626 e. The summed E-state index contributed by atoms with van der Waals surface area (Å²) in [4.78, 5) is 4.91. The number of ether oxygens (including phenoxy) is 1. The predicted octanol–water partition coefficient (Wildman–Crippen LogP) is -0.143. The molecule has 0 aromatic heterocycles. The van der Waals surface area contributed by atoms with Crippen molar-refractivity contribution in [3.8, 4) is 0 Å². The highest BCUT2D eigenvalue weighted by Gasteiger charge is 2.36. The molecule has 2 fully saturated rings. The van der Waals surface area contributed by atoms with Crippen LogP contribution in [0.2, 0.25) is 0 Å². The third-order valence-corrected chi connectivity index (χ3v) is 3.74. The van der Waals surface area contributed by atoms with Crippen molar-refractivity contribution >= 4 is 0 Å². The highest BCUT2D eigenvalue weighted by Crippen LogP contribution is 2.22. The molecule has 0 spiro atoms. The van der Waals surface area contributed by atoms with Gasteiger partial charge in [0, 0.05) is 44.2 Å². The molecule has 2 rings (SSSR count). The summed E-state index contributed by atoms with van der Waals surface area (Å²) in [6.45, 7) is 8.71. The van der Waals surface area contributed by atoms with Crippen LogP contribution in [0.3, 0.4) is 0 Å². The van der Waals surface area contributed by atoms with E-state index in [0.717, 1.165) is 32.8 Å². The van der Waals surface area contributed by atoms with Gasteiger partial charge in [-0.3, -0.25) is 4.90 Å². The van der Waals surface area contributed by atoms with Crippen LogP contribution in [-0.2, 0) is 4.74 Å². The van der Waals surface area contributed by atoms with Crippen molar-refractivity contribution in [2.45, 2.75) is 19.0 Å². The molecule has 3 unspecified atom stereocenters. The fraction of sp³-hybridized carbons (Fsp3) is 1.00. The van der Waals surface area contributed by atoms with Crippen LogP contribution < -0.4 is 5.32 Å². The zero-order valence-electron chi connectivity index (χ0n) is 10.8. The highest BCUT2D eigenvalue weighted by molar-refractivity contribution is 4.90. The van der Waals surface area contributed by atoms with Crippen molar-refractivity contribution in [2.24, 2.45) is 5.92 Å². The quantitative estimate of drug-likeness (QED) is 0.726. The molecule has 1 N–H and O–H groups in total. The van der Waals surface area contributed by atoms with Gasteiger partial charge in [-0.2, -0.15) is 0 Å². The van der Waals surface area contributed by atoms with Gasteiger partial charge in [-0.05, 0) is 21.0 Å². The first kappa shape index (κ1) is 12.3. The van der Waals surface area contributed by atoms with E-state index in [2.05, 4.69) is 36.1 Å². The maximum atomic E-state index is 5.68. The van der Waals surface area contributed by atoms with Crippen molar-refractivity contribution < 1.29 is 4.74 Å². The maximum Gasteiger partial charge on any atom is 0.0626 e. The lowest BCUT2D eigenvalue weighted by Crippen LogP contribution is -2.56. The molecule has 4 heteroatoms. The van der Waals surface area contributed by atoms with Crippen LogP contribution in [0.25, 0.3) is 0 Å². The van der Waals surface area contributed by atoms with E-state index in [1.54, 1.807) is 0 Å². The first-order valence-corrected chi connectivity index (χ1v) is 6.37. The molecule has 0 saturated carbocycles. The molecular formula is C12H25N3O. The van der Waals surface area contributed by atoms with Gasteiger partial charge in [-0.1, -0.05) is 0 Å². The topological polar surface area (TPSA) is 27.7 Å². The van der Waals surface area contributed by atoms with E-state index in [1.165, 1.54) is 6.54 Å². The van der Waals surface area contributed by atoms with E-state index in [1.807, 2.05) is 0 Å². The Bertz CT molecular complexity index is 222. The third-order valence-electron chi connectivity index (χ3n) is 3.74. The molecule has 0 aromatic carbocycles. The Morgan fingerprint density at radius 1 is 1.38 bits per heavy atom. The molecular weight excluding hydrogens is 202 g/mol. The molecule has 0 radical (unpaired) electrons. The lowest BCUT2D eigenvalue weighted by molar-refractivity contribution is 0.0829. The van der Waals surface area contributed by atoms with Crippen molar-refractivity contribution in [1.29, 1.82) is 0 Å². The van der Waals surface area contributed by atoms with E-state index in [-0.39, 0.29) is 0 Å². The summed E-state index contributed by atoms with van der Waals surface area (Å²) < 4.78 is 5.68. The fourth-order valence-corrected chi connectivity index (χ4v) is 2.95. The Hall–Kier alpha value is -0.160. The van der Waals surface area contributed by atoms with Crippen LogP contribution in [0, 0.1) is 5.92 Å². The molecule has 94 valence electrons. The molecule has 0 aromatic rings. The third kappa shape index (κ3) is 2.74. The molecule has 4 nitrogen and oxygen atoms in total. The van der Waals surface area contributed by atoms with Crippen LogP contribution in [0.5, 0.6) is 0 Å². The average Bonchev–Trinajstić information content (AvgIpc) is 2.66. The Morgan fingerprint density at radius 3 is 2.88 bits per heavy atom. The van der Waals surface area contributed by atoms with Crippen molar-refractivity contribution in [1.82, 2.24) is 15.1 Å². The van der Waals surface area contributed by atoms with Crippen LogP contribution in [0.1, 0.15) is 6.92 Å². The molecule has 0 amide bonds. The van der Waals surface area contributed by atoms with E-state index in [0.29, 0.717) is 18.0 Å². The van der Waals surface area contributed by atoms with Crippen LogP contribution in [-0.4, -0.2) is 75.4 Å². The SMILES string of the molecule is CC1CNCCN1C1COCC1CN(C)C. The van der Waals surface area contributed by atoms with Gasteiger partial charge < -0.3 is 15.0 Å². The van der Waals surface area contributed by atoms with E-state index in [9.17, 15) is 0 Å². The number of piperazine rings is 1. The second kappa shape index (κ2) is 5.45.